The lowest BCUT2D eigenvalue weighted by Gasteiger charge is -2.13. The van der Waals surface area contributed by atoms with Crippen LogP contribution in [-0.2, 0) is 0 Å². The predicted molar refractivity (Wildman–Crippen MR) is 190 cm³/mol. The summed E-state index contributed by atoms with van der Waals surface area (Å²) in [5, 5.41) is 1.16. The van der Waals surface area contributed by atoms with Gasteiger partial charge in [0.2, 0.25) is 0 Å². The first-order chi connectivity index (χ1) is 21.3. The number of thiophene rings is 1. The highest BCUT2D eigenvalue weighted by molar-refractivity contribution is 14.2. The number of aliphatic imine (C=N–C) groups is 2. The Kier molecular flexibility index (Phi) is 6.78. The van der Waals surface area contributed by atoms with Gasteiger partial charge >= 0.3 is 0 Å². The molecule has 43 heavy (non-hydrogen) atoms. The van der Waals surface area contributed by atoms with E-state index in [1.54, 1.807) is 11.3 Å². The Bertz CT molecular complexity index is 2160. The second kappa shape index (κ2) is 11.2. The van der Waals surface area contributed by atoms with E-state index in [9.17, 15) is 0 Å². The maximum absolute atomic E-state index is 5.13. The number of amidine groups is 1. The zero-order chi connectivity index (χ0) is 28.6. The molecule has 0 amide bonds. The predicted octanol–water partition coefficient (Wildman–Crippen LogP) is 9.53. The van der Waals surface area contributed by atoms with Gasteiger partial charge in [0.15, 0.2) is 11.7 Å². The number of fused-ring (bicyclic) bond motifs is 3. The molecule has 5 aromatic carbocycles. The highest BCUT2D eigenvalue weighted by Crippen LogP contribution is 2.39. The molecule has 0 radical (unpaired) electrons. The summed E-state index contributed by atoms with van der Waals surface area (Å²) in [5.41, 5.74) is 7.34. The molecule has 0 aliphatic carbocycles. The molecule has 0 N–H and O–H groups in total. The minimum absolute atomic E-state index is 0.583. The molecule has 0 unspecified atom stereocenters. The van der Waals surface area contributed by atoms with Crippen molar-refractivity contribution < 1.29 is 0 Å². The van der Waals surface area contributed by atoms with E-state index in [2.05, 4.69) is 109 Å². The van der Waals surface area contributed by atoms with E-state index in [1.807, 2.05) is 30.3 Å². The normalized spacial score (nSPS) is 13.3. The summed E-state index contributed by atoms with van der Waals surface area (Å²) in [6, 6.07) is 48.1. The summed E-state index contributed by atoms with van der Waals surface area (Å²) in [6.45, 7) is 0. The lowest BCUT2D eigenvalue weighted by molar-refractivity contribution is 1.24. The number of hydrogen-bond acceptors (Lipinski definition) is 5. The molecule has 0 bridgehead atoms. The number of rotatable bonds is 5. The van der Waals surface area contributed by atoms with Crippen LogP contribution in [0.4, 0.5) is 0 Å². The fourth-order valence-electron chi connectivity index (χ4n) is 5.14. The van der Waals surface area contributed by atoms with E-state index in [-0.39, 0.29) is 0 Å². The first-order valence-electron chi connectivity index (χ1n) is 14.0. The second-order valence-corrected chi connectivity index (χ2v) is 13.7. The van der Waals surface area contributed by atoms with Crippen molar-refractivity contribution in [2.45, 2.75) is 0 Å². The zero-order valence-corrected chi connectivity index (χ0v) is 25.8. The van der Waals surface area contributed by atoms with Gasteiger partial charge in [-0.3, -0.25) is 0 Å². The van der Waals surface area contributed by atoms with Gasteiger partial charge in [-0.15, -0.1) is 11.3 Å². The molecule has 1 aliphatic rings. The van der Waals surface area contributed by atoms with E-state index in [4.69, 9.17) is 20.0 Å². The highest BCUT2D eigenvalue weighted by Gasteiger charge is 2.18. The van der Waals surface area contributed by atoms with Gasteiger partial charge in [-0.1, -0.05) is 133 Å². The lowest BCUT2D eigenvalue weighted by Crippen LogP contribution is -2.11. The maximum Gasteiger partial charge on any atom is 0.161 e. The molecule has 4 nitrogen and oxygen atoms in total. The monoisotopic (exact) mass is 682 g/mol. The van der Waals surface area contributed by atoms with Crippen molar-refractivity contribution in [1.82, 2.24) is 9.97 Å². The van der Waals surface area contributed by atoms with Crippen molar-refractivity contribution >= 4 is 65.6 Å². The molecule has 7 aromatic rings. The molecule has 0 saturated heterocycles. The van der Waals surface area contributed by atoms with Crippen LogP contribution in [0.1, 0.15) is 16.7 Å². The number of nitrogens with zero attached hydrogens (tertiary/aromatic N) is 4. The third kappa shape index (κ3) is 5.02. The summed E-state index contributed by atoms with van der Waals surface area (Å²) >= 11 is 1.17. The molecule has 6 heteroatoms. The van der Waals surface area contributed by atoms with Crippen molar-refractivity contribution in [3.8, 4) is 22.6 Å². The number of aromatic nitrogens is 2. The van der Waals surface area contributed by atoms with Gasteiger partial charge < -0.3 is 0 Å². The average Bonchev–Trinajstić information content (AvgIpc) is 3.48. The van der Waals surface area contributed by atoms with Crippen molar-refractivity contribution in [3.05, 3.63) is 156 Å². The van der Waals surface area contributed by atoms with Crippen LogP contribution in [0, 0.1) is 0 Å². The van der Waals surface area contributed by atoms with Crippen LogP contribution >= 0.6 is 32.1 Å². The van der Waals surface area contributed by atoms with Gasteiger partial charge in [0.1, 0.15) is 7.35 Å². The molecule has 0 fully saturated rings. The average molecular weight is 683 g/mol. The van der Waals surface area contributed by atoms with E-state index < -0.39 is 20.7 Å². The van der Waals surface area contributed by atoms with Crippen LogP contribution in [0.25, 0.3) is 42.9 Å². The Morgan fingerprint density at radius 1 is 0.488 bits per heavy atom. The Balaban J connectivity index is 1.23. The number of halogens is 1. The number of benzene rings is 5. The van der Waals surface area contributed by atoms with E-state index >= 15 is 0 Å². The molecule has 1 aliphatic heterocycles. The van der Waals surface area contributed by atoms with Gasteiger partial charge in [0, 0.05) is 37.9 Å². The van der Waals surface area contributed by atoms with Crippen molar-refractivity contribution in [1.29, 1.82) is 0 Å². The quantitative estimate of drug-likeness (QED) is 0.170. The summed E-state index contributed by atoms with van der Waals surface area (Å²) in [4.78, 5) is 20.4. The van der Waals surface area contributed by atoms with Crippen molar-refractivity contribution in [3.63, 3.8) is 0 Å². The Labute approximate surface area is 262 Å². The topological polar surface area (TPSA) is 50.5 Å². The van der Waals surface area contributed by atoms with Crippen LogP contribution in [0.2, 0.25) is 0 Å². The van der Waals surface area contributed by atoms with Crippen LogP contribution < -0.4 is 0 Å². The van der Waals surface area contributed by atoms with E-state index in [1.165, 1.54) is 4.70 Å². The fourth-order valence-corrected chi connectivity index (χ4v) is 8.81. The Morgan fingerprint density at radius 3 is 1.81 bits per heavy atom. The third-order valence-corrected chi connectivity index (χ3v) is 11.2. The van der Waals surface area contributed by atoms with Crippen molar-refractivity contribution in [2.75, 3.05) is 0 Å². The molecular formula is C37H23IN4S. The smallest absolute Gasteiger partial charge is 0.161 e. The molecular weight excluding hydrogens is 659 g/mol. The van der Waals surface area contributed by atoms with Gasteiger partial charge in [-0.05, 0) is 26.8 Å². The Hall–Kier alpha value is -4.66. The molecule has 3 heterocycles. The third-order valence-electron chi connectivity index (χ3n) is 7.28. The first kappa shape index (κ1) is 26.0. The van der Waals surface area contributed by atoms with Gasteiger partial charge in [-0.25, -0.2) is 20.0 Å². The van der Waals surface area contributed by atoms with Crippen LogP contribution in [0.5, 0.6) is 0 Å². The summed E-state index contributed by atoms with van der Waals surface area (Å²) < 4.78 is 4.56. The van der Waals surface area contributed by atoms with Gasteiger partial charge in [-0.2, -0.15) is 0 Å². The van der Waals surface area contributed by atoms with Gasteiger partial charge in [0.25, 0.3) is 0 Å². The molecule has 0 spiro atoms. The van der Waals surface area contributed by atoms with Crippen LogP contribution in [0.15, 0.2) is 150 Å². The highest BCUT2D eigenvalue weighted by atomic mass is 127. The minimum Gasteiger partial charge on any atom is -0.226 e. The molecule has 8 rings (SSSR count). The zero-order valence-electron chi connectivity index (χ0n) is 22.9. The molecule has 0 atom stereocenters. The SMILES string of the molecule is c1ccc(C2=NC(c3ccc(-c4nc(-c5ccccc5)c5sc6ccccc6c5n4)cc3)=IC(c3ccccc3)=N2)cc1. The first-order valence-corrected chi connectivity index (χ1v) is 16.9. The minimum atomic E-state index is -0.583. The Morgan fingerprint density at radius 2 is 1.09 bits per heavy atom. The lowest BCUT2D eigenvalue weighted by atomic mass is 10.1. The van der Waals surface area contributed by atoms with Crippen LogP contribution in [-0.4, -0.2) is 23.2 Å². The second-order valence-electron chi connectivity index (χ2n) is 10.1. The fraction of sp³-hybridized carbons (Fsp3) is 0. The summed E-state index contributed by atoms with van der Waals surface area (Å²) in [5.74, 6) is 1.49. The number of hydrogen-bond donors (Lipinski definition) is 0. The maximum atomic E-state index is 5.13. The molecule has 0 saturated carbocycles. The largest absolute Gasteiger partial charge is 0.226 e. The molecule has 2 aromatic heterocycles. The van der Waals surface area contributed by atoms with E-state index in [0.717, 1.165) is 68.1 Å². The standard InChI is InChI=1S/C37H23IN4S/c1-4-12-24(13-5-1)31-33-32(29-18-10-11-19-30(29)43-33)40-36(39-31)28-22-20-26(21-23-28)35-38-34(25-14-6-2-7-15-25)41-37(42-35)27-16-8-3-9-17-27/h1-23H. The van der Waals surface area contributed by atoms with Crippen molar-refractivity contribution in [2.24, 2.45) is 9.98 Å². The van der Waals surface area contributed by atoms with E-state index in [0.29, 0.717) is 0 Å². The van der Waals surface area contributed by atoms with Gasteiger partial charge in [0.05, 0.1) is 15.9 Å². The molecule has 204 valence electrons. The summed E-state index contributed by atoms with van der Waals surface area (Å²) in [6.07, 6.45) is 0. The van der Waals surface area contributed by atoms with Crippen LogP contribution in [0.3, 0.4) is 0 Å². The summed E-state index contributed by atoms with van der Waals surface area (Å²) in [7, 11) is 0.